The van der Waals surface area contributed by atoms with Crippen LogP contribution in [0.15, 0.2) is 53.3 Å². The molecule has 2 aromatic rings. The van der Waals surface area contributed by atoms with Crippen LogP contribution in [0, 0.1) is 17.7 Å². The third kappa shape index (κ3) is 2.91. The normalized spacial score (nSPS) is 29.6. The SMILES string of the molecule is CC1c2ccc(-c3ccc(F)cc3)c(O)c2C(O)=C2C(=O)C3(O)C(O)=C(C(N)=O)C(=O)CC3C(O)C21. The Labute approximate surface area is 203 Å². The second-order valence-electron chi connectivity index (χ2n) is 9.42. The van der Waals surface area contributed by atoms with E-state index in [1.807, 2.05) is 0 Å². The Kier molecular flexibility index (Phi) is 5.10. The molecule has 1 fully saturated rings. The van der Waals surface area contributed by atoms with Crippen molar-refractivity contribution in [2.24, 2.45) is 17.6 Å². The molecular weight excluding hydrogens is 473 g/mol. The highest BCUT2D eigenvalue weighted by Gasteiger charge is 2.64. The van der Waals surface area contributed by atoms with Gasteiger partial charge in [0.25, 0.3) is 5.91 Å². The molecule has 0 aromatic heterocycles. The molecule has 1 amide bonds. The Bertz CT molecular complexity index is 1430. The maximum Gasteiger partial charge on any atom is 0.255 e. The fourth-order valence-electron chi connectivity index (χ4n) is 5.86. The maximum absolute atomic E-state index is 13.7. The van der Waals surface area contributed by atoms with E-state index >= 15 is 0 Å². The van der Waals surface area contributed by atoms with Gasteiger partial charge in [-0.05, 0) is 29.2 Å². The van der Waals surface area contributed by atoms with Crippen LogP contribution in [0.5, 0.6) is 5.75 Å². The third-order valence-corrected chi connectivity index (χ3v) is 7.66. The monoisotopic (exact) mass is 495 g/mol. The van der Waals surface area contributed by atoms with Crippen LogP contribution in [0.2, 0.25) is 0 Å². The number of primary amides is 1. The molecule has 9 nitrogen and oxygen atoms in total. The van der Waals surface area contributed by atoms with Gasteiger partial charge in [0.1, 0.15) is 28.7 Å². The van der Waals surface area contributed by atoms with Crippen molar-refractivity contribution in [3.63, 3.8) is 0 Å². The van der Waals surface area contributed by atoms with Gasteiger partial charge in [-0.2, -0.15) is 0 Å². The number of aromatic hydroxyl groups is 1. The number of phenolic OH excluding ortho intramolecular Hbond substituents is 1. The van der Waals surface area contributed by atoms with E-state index in [1.54, 1.807) is 19.1 Å². The molecule has 5 unspecified atom stereocenters. The summed E-state index contributed by atoms with van der Waals surface area (Å²) in [6.07, 6.45) is -2.22. The zero-order valence-corrected chi connectivity index (χ0v) is 18.9. The van der Waals surface area contributed by atoms with E-state index in [9.17, 15) is 44.3 Å². The number of ketones is 2. The minimum absolute atomic E-state index is 0.122. The number of benzene rings is 2. The quantitative estimate of drug-likeness (QED) is 0.341. The predicted octanol–water partition coefficient (Wildman–Crippen LogP) is 1.76. The van der Waals surface area contributed by atoms with Gasteiger partial charge in [0.15, 0.2) is 11.4 Å². The number of aliphatic hydroxyl groups is 4. The second-order valence-corrected chi connectivity index (χ2v) is 9.42. The van der Waals surface area contributed by atoms with Gasteiger partial charge in [-0.25, -0.2) is 4.39 Å². The molecule has 1 saturated carbocycles. The third-order valence-electron chi connectivity index (χ3n) is 7.66. The van der Waals surface area contributed by atoms with Crippen LogP contribution >= 0.6 is 0 Å². The lowest BCUT2D eigenvalue weighted by Crippen LogP contribution is -2.63. The Hall–Kier alpha value is -4.02. The smallest absolute Gasteiger partial charge is 0.255 e. The largest absolute Gasteiger partial charge is 0.508 e. The van der Waals surface area contributed by atoms with E-state index in [2.05, 4.69) is 0 Å². The van der Waals surface area contributed by atoms with Crippen molar-refractivity contribution in [2.45, 2.75) is 31.0 Å². The van der Waals surface area contributed by atoms with E-state index in [-0.39, 0.29) is 11.1 Å². The molecule has 0 heterocycles. The fraction of sp³-hybridized carbons (Fsp3) is 0.269. The van der Waals surface area contributed by atoms with Crippen LogP contribution in [-0.2, 0) is 14.4 Å². The standard InChI is InChI=1S/C26H22FNO8/c1-9-12-6-7-13(10-2-4-11(27)5-3-10)20(30)17(12)22(32)19-16(9)21(31)14-8-15(29)18(25(28)35)23(33)26(14,36)24(19)34/h2-7,9,14,16,21,30-33,36H,8H2,1H3,(H2,28,35). The first-order valence-electron chi connectivity index (χ1n) is 11.2. The summed E-state index contributed by atoms with van der Waals surface area (Å²) < 4.78 is 13.4. The molecular formula is C26H22FNO8. The van der Waals surface area contributed by atoms with E-state index in [4.69, 9.17) is 5.73 Å². The molecule has 2 aromatic carbocycles. The molecule has 36 heavy (non-hydrogen) atoms. The van der Waals surface area contributed by atoms with Gasteiger partial charge in [0.2, 0.25) is 5.78 Å². The van der Waals surface area contributed by atoms with Crippen molar-refractivity contribution < 1.29 is 44.3 Å². The lowest BCUT2D eigenvalue weighted by Gasteiger charge is -2.50. The number of rotatable bonds is 2. The summed E-state index contributed by atoms with van der Waals surface area (Å²) >= 11 is 0. The number of hydrogen-bond acceptors (Lipinski definition) is 8. The van der Waals surface area contributed by atoms with Crippen LogP contribution in [0.1, 0.15) is 30.4 Å². The van der Waals surface area contributed by atoms with Gasteiger partial charge >= 0.3 is 0 Å². The van der Waals surface area contributed by atoms with Crippen molar-refractivity contribution in [3.05, 3.63) is 70.2 Å². The number of halogens is 1. The Morgan fingerprint density at radius 3 is 2.33 bits per heavy atom. The molecule has 7 N–H and O–H groups in total. The topological polar surface area (TPSA) is 178 Å². The maximum atomic E-state index is 13.7. The summed E-state index contributed by atoms with van der Waals surface area (Å²) in [4.78, 5) is 37.9. The van der Waals surface area contributed by atoms with E-state index < -0.39 is 87.6 Å². The first kappa shape index (κ1) is 23.7. The van der Waals surface area contributed by atoms with Gasteiger partial charge in [-0.15, -0.1) is 0 Å². The number of nitrogens with two attached hydrogens (primary N) is 1. The molecule has 0 aliphatic heterocycles. The van der Waals surface area contributed by atoms with Crippen molar-refractivity contribution >= 4 is 23.2 Å². The lowest BCUT2D eigenvalue weighted by atomic mass is 9.55. The highest BCUT2D eigenvalue weighted by molar-refractivity contribution is 6.23. The Balaban J connectivity index is 1.75. The first-order valence-corrected chi connectivity index (χ1v) is 11.2. The van der Waals surface area contributed by atoms with Gasteiger partial charge in [0.05, 0.1) is 11.7 Å². The molecule has 0 saturated heterocycles. The second kappa shape index (κ2) is 7.74. The summed E-state index contributed by atoms with van der Waals surface area (Å²) in [6.45, 7) is 1.64. The molecule has 0 bridgehead atoms. The van der Waals surface area contributed by atoms with E-state index in [0.717, 1.165) is 0 Å². The molecule has 186 valence electrons. The first-order chi connectivity index (χ1) is 16.9. The molecule has 0 spiro atoms. The number of carbonyl (C=O) groups excluding carboxylic acids is 3. The highest BCUT2D eigenvalue weighted by atomic mass is 19.1. The zero-order chi connectivity index (χ0) is 26.3. The zero-order valence-electron chi connectivity index (χ0n) is 18.9. The van der Waals surface area contributed by atoms with Gasteiger partial charge < -0.3 is 31.3 Å². The molecule has 5 atom stereocenters. The average molecular weight is 495 g/mol. The van der Waals surface area contributed by atoms with Crippen LogP contribution in [0.4, 0.5) is 4.39 Å². The lowest BCUT2D eigenvalue weighted by molar-refractivity contribution is -0.160. The van der Waals surface area contributed by atoms with Crippen molar-refractivity contribution in [2.75, 3.05) is 0 Å². The molecule has 3 aliphatic carbocycles. The predicted molar refractivity (Wildman–Crippen MR) is 123 cm³/mol. The van der Waals surface area contributed by atoms with Gasteiger partial charge in [0, 0.05) is 29.4 Å². The van der Waals surface area contributed by atoms with Crippen LogP contribution in [0.25, 0.3) is 16.9 Å². The Morgan fingerprint density at radius 1 is 1.08 bits per heavy atom. The van der Waals surface area contributed by atoms with Crippen LogP contribution < -0.4 is 5.73 Å². The van der Waals surface area contributed by atoms with Gasteiger partial charge in [-0.1, -0.05) is 31.2 Å². The number of carbonyl (C=O) groups is 3. The van der Waals surface area contributed by atoms with Crippen LogP contribution in [0.3, 0.4) is 0 Å². The van der Waals surface area contributed by atoms with E-state index in [1.165, 1.54) is 24.3 Å². The van der Waals surface area contributed by atoms with Crippen molar-refractivity contribution in [1.82, 2.24) is 0 Å². The average Bonchev–Trinajstić information content (AvgIpc) is 2.82. The molecule has 10 heteroatoms. The fourth-order valence-corrected chi connectivity index (χ4v) is 5.86. The van der Waals surface area contributed by atoms with Crippen molar-refractivity contribution in [1.29, 1.82) is 0 Å². The summed E-state index contributed by atoms with van der Waals surface area (Å²) in [5, 5.41) is 55.5. The minimum Gasteiger partial charge on any atom is -0.508 e. The number of phenols is 1. The summed E-state index contributed by atoms with van der Waals surface area (Å²) in [5.74, 6) is -9.68. The summed E-state index contributed by atoms with van der Waals surface area (Å²) in [5.41, 5.74) is 1.80. The number of Topliss-reactive ketones (excluding diaryl/α,β-unsaturated/α-hetero) is 2. The minimum atomic E-state index is -2.89. The molecule has 3 aliphatic rings. The van der Waals surface area contributed by atoms with E-state index in [0.29, 0.717) is 11.1 Å². The number of aliphatic hydroxyl groups excluding tert-OH is 3. The summed E-state index contributed by atoms with van der Waals surface area (Å²) in [7, 11) is 0. The number of amides is 1. The van der Waals surface area contributed by atoms with Crippen LogP contribution in [-0.4, -0.2) is 54.7 Å². The number of hydrogen-bond donors (Lipinski definition) is 6. The summed E-state index contributed by atoms with van der Waals surface area (Å²) in [6, 6.07) is 8.38. The van der Waals surface area contributed by atoms with Gasteiger partial charge in [-0.3, -0.25) is 14.4 Å². The molecule has 5 rings (SSSR count). The number of fused-ring (bicyclic) bond motifs is 3. The Morgan fingerprint density at radius 2 is 1.72 bits per heavy atom. The molecule has 0 radical (unpaired) electrons. The van der Waals surface area contributed by atoms with Crippen molar-refractivity contribution in [3.8, 4) is 16.9 Å². The highest BCUT2D eigenvalue weighted by Crippen LogP contribution is 2.56.